The van der Waals surface area contributed by atoms with E-state index in [1.165, 1.54) is 24.3 Å². The van der Waals surface area contributed by atoms with Crippen LogP contribution in [-0.2, 0) is 11.2 Å². The van der Waals surface area contributed by atoms with Gasteiger partial charge in [0, 0.05) is 12.1 Å². The van der Waals surface area contributed by atoms with Crippen LogP contribution in [0, 0.1) is 10.1 Å². The SMILES string of the molecule is O=C(COc1ccc([N+](=O)[O-])cc1)N[C@H](Cc1ccccc1)c1ccccc1. The minimum Gasteiger partial charge on any atom is -0.484 e. The standard InChI is InChI=1S/C22H20N2O4/c25-22(16-28-20-13-11-19(12-14-20)24(26)27)23-21(18-9-5-2-6-10-18)15-17-7-3-1-4-8-17/h1-14,21H,15-16H2,(H,23,25)/t21-/m1/s1. The first-order valence-corrected chi connectivity index (χ1v) is 8.87. The van der Waals surface area contributed by atoms with Crippen LogP contribution in [0.25, 0.3) is 0 Å². The van der Waals surface area contributed by atoms with E-state index < -0.39 is 4.92 Å². The number of carbonyl (C=O) groups excluding carboxylic acids is 1. The summed E-state index contributed by atoms with van der Waals surface area (Å²) in [5.74, 6) is 0.142. The van der Waals surface area contributed by atoms with Crippen LogP contribution in [0.15, 0.2) is 84.9 Å². The Hall–Kier alpha value is -3.67. The molecule has 0 unspecified atom stereocenters. The largest absolute Gasteiger partial charge is 0.484 e. The third-order valence-corrected chi connectivity index (χ3v) is 4.24. The second-order valence-electron chi connectivity index (χ2n) is 6.26. The number of nitrogens with one attached hydrogen (secondary N) is 1. The molecule has 1 atom stereocenters. The first-order chi connectivity index (χ1) is 13.6. The Balaban J connectivity index is 1.63. The van der Waals surface area contributed by atoms with Gasteiger partial charge in [0.05, 0.1) is 11.0 Å². The number of nitrogens with zero attached hydrogens (tertiary/aromatic N) is 1. The Labute approximate surface area is 162 Å². The molecule has 0 aliphatic heterocycles. The van der Waals surface area contributed by atoms with Gasteiger partial charge in [-0.05, 0) is 29.7 Å². The van der Waals surface area contributed by atoms with Crippen LogP contribution < -0.4 is 10.1 Å². The zero-order chi connectivity index (χ0) is 19.8. The van der Waals surface area contributed by atoms with Crippen molar-refractivity contribution in [1.29, 1.82) is 0 Å². The molecule has 0 heterocycles. The molecule has 0 aromatic heterocycles. The van der Waals surface area contributed by atoms with E-state index in [0.29, 0.717) is 12.2 Å². The fourth-order valence-corrected chi connectivity index (χ4v) is 2.84. The molecule has 0 bridgehead atoms. The summed E-state index contributed by atoms with van der Waals surface area (Å²) in [5.41, 5.74) is 2.10. The Morgan fingerprint density at radius 3 is 2.14 bits per heavy atom. The first kappa shape index (κ1) is 19.1. The highest BCUT2D eigenvalue weighted by Crippen LogP contribution is 2.19. The van der Waals surface area contributed by atoms with E-state index in [0.717, 1.165) is 11.1 Å². The maximum absolute atomic E-state index is 12.4. The van der Waals surface area contributed by atoms with Crippen LogP contribution in [0.3, 0.4) is 0 Å². The number of amides is 1. The molecule has 1 N–H and O–H groups in total. The predicted octanol–water partition coefficient (Wildman–Crippen LogP) is 4.07. The Morgan fingerprint density at radius 2 is 1.54 bits per heavy atom. The van der Waals surface area contributed by atoms with Gasteiger partial charge >= 0.3 is 0 Å². The van der Waals surface area contributed by atoms with Crippen molar-refractivity contribution in [3.8, 4) is 5.75 Å². The van der Waals surface area contributed by atoms with Crippen molar-refractivity contribution in [1.82, 2.24) is 5.32 Å². The normalized spacial score (nSPS) is 11.4. The molecular formula is C22H20N2O4. The Morgan fingerprint density at radius 1 is 0.929 bits per heavy atom. The molecule has 0 radical (unpaired) electrons. The zero-order valence-electron chi connectivity index (χ0n) is 15.2. The quantitative estimate of drug-likeness (QED) is 0.474. The summed E-state index contributed by atoms with van der Waals surface area (Å²) in [7, 11) is 0. The molecule has 0 aliphatic rings. The summed E-state index contributed by atoms with van der Waals surface area (Å²) in [6, 6.07) is 25.2. The van der Waals surface area contributed by atoms with Crippen LogP contribution in [-0.4, -0.2) is 17.4 Å². The van der Waals surface area contributed by atoms with Gasteiger partial charge in [0.25, 0.3) is 11.6 Å². The lowest BCUT2D eigenvalue weighted by molar-refractivity contribution is -0.384. The molecule has 0 fully saturated rings. The highest BCUT2D eigenvalue weighted by Gasteiger charge is 2.16. The maximum Gasteiger partial charge on any atom is 0.269 e. The highest BCUT2D eigenvalue weighted by atomic mass is 16.6. The van der Waals surface area contributed by atoms with E-state index in [9.17, 15) is 14.9 Å². The van der Waals surface area contributed by atoms with E-state index in [4.69, 9.17) is 4.74 Å². The summed E-state index contributed by atoms with van der Waals surface area (Å²) in [5, 5.41) is 13.7. The van der Waals surface area contributed by atoms with Crippen molar-refractivity contribution in [2.24, 2.45) is 0 Å². The van der Waals surface area contributed by atoms with Crippen LogP contribution in [0.5, 0.6) is 5.75 Å². The van der Waals surface area contributed by atoms with Gasteiger partial charge in [-0.15, -0.1) is 0 Å². The molecule has 3 rings (SSSR count). The van der Waals surface area contributed by atoms with Crippen molar-refractivity contribution < 1.29 is 14.5 Å². The number of nitro groups is 1. The number of non-ortho nitro benzene ring substituents is 1. The fourth-order valence-electron chi connectivity index (χ4n) is 2.84. The summed E-state index contributed by atoms with van der Waals surface area (Å²) < 4.78 is 5.45. The van der Waals surface area contributed by atoms with E-state index in [2.05, 4.69) is 5.32 Å². The minimum absolute atomic E-state index is 0.0243. The van der Waals surface area contributed by atoms with Gasteiger partial charge in [-0.25, -0.2) is 0 Å². The minimum atomic E-state index is -0.482. The lowest BCUT2D eigenvalue weighted by atomic mass is 9.99. The molecule has 3 aromatic carbocycles. The van der Waals surface area contributed by atoms with E-state index >= 15 is 0 Å². The molecule has 1 amide bonds. The monoisotopic (exact) mass is 376 g/mol. The second-order valence-corrected chi connectivity index (χ2v) is 6.26. The lowest BCUT2D eigenvalue weighted by Gasteiger charge is -2.19. The molecular weight excluding hydrogens is 356 g/mol. The van der Waals surface area contributed by atoms with Crippen molar-refractivity contribution >= 4 is 11.6 Å². The van der Waals surface area contributed by atoms with Crippen LogP contribution in [0.1, 0.15) is 17.2 Å². The molecule has 0 saturated carbocycles. The van der Waals surface area contributed by atoms with Gasteiger partial charge in [0.2, 0.25) is 0 Å². The van der Waals surface area contributed by atoms with Crippen LogP contribution >= 0.6 is 0 Å². The molecule has 6 heteroatoms. The summed E-state index contributed by atoms with van der Waals surface area (Å²) in [6.07, 6.45) is 0.661. The number of ether oxygens (including phenoxy) is 1. The number of nitro benzene ring substituents is 1. The van der Waals surface area contributed by atoms with E-state index in [-0.39, 0.29) is 24.2 Å². The first-order valence-electron chi connectivity index (χ1n) is 8.87. The maximum atomic E-state index is 12.4. The van der Waals surface area contributed by atoms with Crippen molar-refractivity contribution in [2.75, 3.05) is 6.61 Å². The summed E-state index contributed by atoms with van der Waals surface area (Å²) >= 11 is 0. The van der Waals surface area contributed by atoms with Crippen LogP contribution in [0.4, 0.5) is 5.69 Å². The van der Waals surface area contributed by atoms with Crippen molar-refractivity contribution in [3.05, 3.63) is 106 Å². The van der Waals surface area contributed by atoms with E-state index in [1.54, 1.807) is 0 Å². The summed E-state index contributed by atoms with van der Waals surface area (Å²) in [6.45, 7) is -0.171. The average Bonchev–Trinajstić information content (AvgIpc) is 2.73. The highest BCUT2D eigenvalue weighted by molar-refractivity contribution is 5.78. The molecule has 3 aromatic rings. The van der Waals surface area contributed by atoms with Gasteiger partial charge in [-0.2, -0.15) is 0 Å². The zero-order valence-corrected chi connectivity index (χ0v) is 15.2. The number of hydrogen-bond acceptors (Lipinski definition) is 4. The van der Waals surface area contributed by atoms with Gasteiger partial charge < -0.3 is 10.1 Å². The molecule has 28 heavy (non-hydrogen) atoms. The summed E-state index contributed by atoms with van der Waals surface area (Å²) in [4.78, 5) is 22.6. The predicted molar refractivity (Wildman–Crippen MR) is 106 cm³/mol. The number of hydrogen-bond donors (Lipinski definition) is 1. The molecule has 6 nitrogen and oxygen atoms in total. The third kappa shape index (κ3) is 5.41. The molecule has 0 spiro atoms. The van der Waals surface area contributed by atoms with Gasteiger partial charge in [-0.1, -0.05) is 60.7 Å². The smallest absolute Gasteiger partial charge is 0.269 e. The Bertz CT molecular complexity index is 912. The van der Waals surface area contributed by atoms with Crippen LogP contribution in [0.2, 0.25) is 0 Å². The number of rotatable bonds is 8. The van der Waals surface area contributed by atoms with Crippen molar-refractivity contribution in [2.45, 2.75) is 12.5 Å². The number of benzene rings is 3. The number of carbonyl (C=O) groups is 1. The second kappa shape index (κ2) is 9.32. The Kier molecular flexibility index (Phi) is 6.36. The van der Waals surface area contributed by atoms with Gasteiger partial charge in [-0.3, -0.25) is 14.9 Å². The molecule has 0 aliphatic carbocycles. The van der Waals surface area contributed by atoms with Gasteiger partial charge in [0.1, 0.15) is 5.75 Å². The van der Waals surface area contributed by atoms with Gasteiger partial charge in [0.15, 0.2) is 6.61 Å². The topological polar surface area (TPSA) is 81.5 Å². The average molecular weight is 376 g/mol. The third-order valence-electron chi connectivity index (χ3n) is 4.24. The van der Waals surface area contributed by atoms with Crippen molar-refractivity contribution in [3.63, 3.8) is 0 Å². The lowest BCUT2D eigenvalue weighted by Crippen LogP contribution is -2.33. The molecule has 0 saturated heterocycles. The van der Waals surface area contributed by atoms with E-state index in [1.807, 2.05) is 60.7 Å². The molecule has 142 valence electrons. The fraction of sp³-hybridized carbons (Fsp3) is 0.136.